The first kappa shape index (κ1) is 17.7. The number of anilines is 1. The van der Waals surface area contributed by atoms with Crippen LogP contribution in [0.15, 0.2) is 41.5 Å². The van der Waals surface area contributed by atoms with Gasteiger partial charge in [-0.3, -0.25) is 4.99 Å². The number of rotatable bonds is 6. The molecule has 2 aromatic rings. The standard InChI is InChI=1S/C19H27N5S/c1-3-17-12-21-18(25-17)13-23-19(20-2)22-11-15-9-10-24(14-15)16-7-5-4-6-8-16/h4-8,12,15H,3,9-11,13-14H2,1-2H3,(H2,20,22,23). The number of aryl methyl sites for hydroxylation is 1. The van der Waals surface area contributed by atoms with E-state index in [0.29, 0.717) is 5.92 Å². The third kappa shape index (κ3) is 4.95. The van der Waals surface area contributed by atoms with Gasteiger partial charge < -0.3 is 15.5 Å². The number of hydrogen-bond acceptors (Lipinski definition) is 4. The fourth-order valence-corrected chi connectivity index (χ4v) is 3.89. The van der Waals surface area contributed by atoms with E-state index in [1.165, 1.54) is 17.0 Å². The second-order valence-corrected chi connectivity index (χ2v) is 7.52. The molecule has 3 rings (SSSR count). The Labute approximate surface area is 154 Å². The van der Waals surface area contributed by atoms with Gasteiger partial charge in [-0.15, -0.1) is 11.3 Å². The predicted octanol–water partition coefficient (Wildman–Crippen LogP) is 2.90. The van der Waals surface area contributed by atoms with Gasteiger partial charge in [0.15, 0.2) is 5.96 Å². The van der Waals surface area contributed by atoms with E-state index < -0.39 is 0 Å². The second-order valence-electron chi connectivity index (χ2n) is 6.32. The van der Waals surface area contributed by atoms with E-state index >= 15 is 0 Å². The van der Waals surface area contributed by atoms with Crippen molar-refractivity contribution in [1.82, 2.24) is 15.6 Å². The highest BCUT2D eigenvalue weighted by atomic mass is 32.1. The highest BCUT2D eigenvalue weighted by Crippen LogP contribution is 2.22. The van der Waals surface area contributed by atoms with Crippen molar-refractivity contribution < 1.29 is 0 Å². The third-order valence-electron chi connectivity index (χ3n) is 4.55. The average Bonchev–Trinajstić information content (AvgIpc) is 3.32. The van der Waals surface area contributed by atoms with Gasteiger partial charge in [0.25, 0.3) is 0 Å². The smallest absolute Gasteiger partial charge is 0.191 e. The maximum absolute atomic E-state index is 4.44. The lowest BCUT2D eigenvalue weighted by Gasteiger charge is -2.19. The molecule has 0 aliphatic carbocycles. The van der Waals surface area contributed by atoms with Gasteiger partial charge in [0.05, 0.1) is 6.54 Å². The first-order valence-electron chi connectivity index (χ1n) is 8.96. The molecule has 5 nitrogen and oxygen atoms in total. The molecule has 1 atom stereocenters. The van der Waals surface area contributed by atoms with Crippen LogP contribution in [0.2, 0.25) is 0 Å². The molecule has 134 valence electrons. The number of nitrogens with zero attached hydrogens (tertiary/aromatic N) is 3. The van der Waals surface area contributed by atoms with E-state index in [4.69, 9.17) is 0 Å². The highest BCUT2D eigenvalue weighted by Gasteiger charge is 2.22. The van der Waals surface area contributed by atoms with Crippen LogP contribution in [0.3, 0.4) is 0 Å². The van der Waals surface area contributed by atoms with Crippen LogP contribution in [0.25, 0.3) is 0 Å². The summed E-state index contributed by atoms with van der Waals surface area (Å²) in [6, 6.07) is 10.7. The summed E-state index contributed by atoms with van der Waals surface area (Å²) in [6.07, 6.45) is 4.23. The van der Waals surface area contributed by atoms with Gasteiger partial charge in [0, 0.05) is 43.4 Å². The Morgan fingerprint density at radius 3 is 2.88 bits per heavy atom. The van der Waals surface area contributed by atoms with Gasteiger partial charge in [0.2, 0.25) is 0 Å². The van der Waals surface area contributed by atoms with Crippen molar-refractivity contribution in [3.8, 4) is 0 Å². The fraction of sp³-hybridized carbons (Fsp3) is 0.474. The first-order valence-corrected chi connectivity index (χ1v) is 9.78. The summed E-state index contributed by atoms with van der Waals surface area (Å²) in [5.74, 6) is 1.50. The van der Waals surface area contributed by atoms with Gasteiger partial charge in [-0.2, -0.15) is 0 Å². The minimum atomic E-state index is 0.644. The molecule has 0 bridgehead atoms. The molecule has 1 aromatic carbocycles. The van der Waals surface area contributed by atoms with Gasteiger partial charge in [-0.25, -0.2) is 4.98 Å². The van der Waals surface area contributed by atoms with Gasteiger partial charge in [-0.05, 0) is 30.9 Å². The number of para-hydroxylation sites is 1. The topological polar surface area (TPSA) is 52.6 Å². The van der Waals surface area contributed by atoms with E-state index in [9.17, 15) is 0 Å². The molecule has 6 heteroatoms. The Kier molecular flexibility index (Phi) is 6.28. The number of aromatic nitrogens is 1. The zero-order valence-electron chi connectivity index (χ0n) is 15.0. The van der Waals surface area contributed by atoms with Crippen molar-refractivity contribution in [1.29, 1.82) is 0 Å². The second kappa shape index (κ2) is 8.85. The quantitative estimate of drug-likeness (QED) is 0.617. The zero-order valence-corrected chi connectivity index (χ0v) is 15.9. The van der Waals surface area contributed by atoms with Crippen molar-refractivity contribution in [2.24, 2.45) is 10.9 Å². The number of benzene rings is 1. The van der Waals surface area contributed by atoms with E-state index in [1.807, 2.05) is 13.2 Å². The van der Waals surface area contributed by atoms with Crippen molar-refractivity contribution in [3.05, 3.63) is 46.4 Å². The Bertz CT molecular complexity index is 682. The minimum Gasteiger partial charge on any atom is -0.371 e. The number of thiazole rings is 1. The summed E-state index contributed by atoms with van der Waals surface area (Å²) in [5.41, 5.74) is 1.32. The largest absolute Gasteiger partial charge is 0.371 e. The summed E-state index contributed by atoms with van der Waals surface area (Å²) in [7, 11) is 1.82. The highest BCUT2D eigenvalue weighted by molar-refractivity contribution is 7.11. The van der Waals surface area contributed by atoms with Gasteiger partial charge in [-0.1, -0.05) is 25.1 Å². The lowest BCUT2D eigenvalue weighted by Crippen LogP contribution is -2.39. The van der Waals surface area contributed by atoms with Crippen LogP contribution in [0.4, 0.5) is 5.69 Å². The Hall–Kier alpha value is -2.08. The van der Waals surface area contributed by atoms with Crippen LogP contribution < -0.4 is 15.5 Å². The third-order valence-corrected chi connectivity index (χ3v) is 5.69. The van der Waals surface area contributed by atoms with E-state index in [1.54, 1.807) is 11.3 Å². The normalized spacial score (nSPS) is 17.8. The molecular formula is C19H27N5S. The zero-order chi connectivity index (χ0) is 17.5. The molecule has 25 heavy (non-hydrogen) atoms. The molecule has 1 fully saturated rings. The maximum atomic E-state index is 4.44. The maximum Gasteiger partial charge on any atom is 0.191 e. The summed E-state index contributed by atoms with van der Waals surface area (Å²) in [4.78, 5) is 12.6. The van der Waals surface area contributed by atoms with Gasteiger partial charge >= 0.3 is 0 Å². The molecule has 1 aliphatic heterocycles. The van der Waals surface area contributed by atoms with E-state index in [2.05, 4.69) is 62.8 Å². The molecule has 2 heterocycles. The van der Waals surface area contributed by atoms with Crippen LogP contribution in [-0.2, 0) is 13.0 Å². The van der Waals surface area contributed by atoms with E-state index in [-0.39, 0.29) is 0 Å². The molecule has 1 saturated heterocycles. The molecule has 2 N–H and O–H groups in total. The monoisotopic (exact) mass is 357 g/mol. The Balaban J connectivity index is 1.42. The summed E-state index contributed by atoms with van der Waals surface area (Å²) < 4.78 is 0. The lowest BCUT2D eigenvalue weighted by molar-refractivity contribution is 0.565. The van der Waals surface area contributed by atoms with Crippen molar-refractivity contribution in [3.63, 3.8) is 0 Å². The Morgan fingerprint density at radius 1 is 1.32 bits per heavy atom. The molecule has 0 amide bonds. The summed E-state index contributed by atoms with van der Waals surface area (Å²) in [6.45, 7) is 6.05. The Morgan fingerprint density at radius 2 is 2.16 bits per heavy atom. The SMILES string of the molecule is CCc1cnc(CNC(=NC)NCC2CCN(c3ccccc3)C2)s1. The molecular weight excluding hydrogens is 330 g/mol. The minimum absolute atomic E-state index is 0.644. The molecule has 1 aliphatic rings. The van der Waals surface area contributed by atoms with Crippen LogP contribution in [0.1, 0.15) is 23.2 Å². The number of aliphatic imine (C=N–C) groups is 1. The summed E-state index contributed by atoms with van der Waals surface area (Å²) >= 11 is 1.76. The lowest BCUT2D eigenvalue weighted by atomic mass is 10.1. The van der Waals surface area contributed by atoms with E-state index in [0.717, 1.165) is 43.6 Å². The molecule has 1 aromatic heterocycles. The van der Waals surface area contributed by atoms with Crippen molar-refractivity contribution in [2.45, 2.75) is 26.3 Å². The number of nitrogens with one attached hydrogen (secondary N) is 2. The van der Waals surface area contributed by atoms with Crippen LogP contribution in [0, 0.1) is 5.92 Å². The summed E-state index contributed by atoms with van der Waals surface area (Å²) in [5, 5.41) is 7.93. The van der Waals surface area contributed by atoms with Crippen molar-refractivity contribution >= 4 is 23.0 Å². The van der Waals surface area contributed by atoms with Crippen LogP contribution in [0.5, 0.6) is 0 Å². The van der Waals surface area contributed by atoms with Crippen molar-refractivity contribution in [2.75, 3.05) is 31.6 Å². The number of guanidine groups is 1. The molecule has 1 unspecified atom stereocenters. The fourth-order valence-electron chi connectivity index (χ4n) is 3.09. The van der Waals surface area contributed by atoms with Crippen LogP contribution in [-0.4, -0.2) is 37.6 Å². The average molecular weight is 358 g/mol. The van der Waals surface area contributed by atoms with Gasteiger partial charge in [0.1, 0.15) is 5.01 Å². The van der Waals surface area contributed by atoms with Crippen LogP contribution >= 0.6 is 11.3 Å². The molecule has 0 radical (unpaired) electrons. The number of hydrogen-bond donors (Lipinski definition) is 2. The first-order chi connectivity index (χ1) is 12.3. The molecule has 0 saturated carbocycles. The molecule has 0 spiro atoms. The predicted molar refractivity (Wildman–Crippen MR) is 106 cm³/mol.